The molecular formula is C25H26Br2N2O4S2. The summed E-state index contributed by atoms with van der Waals surface area (Å²) in [6.07, 6.45) is 0.412. The molecular weight excluding hydrogens is 616 g/mol. The standard InChI is InChI=1S/C25H26Br2N2O4S2/c1-18-7-11-20(12-8-18)34(30,31)28-16-15-22(27)25(17-26)29(24-6-4-3-5-23(24)28)35(32,33)21-13-9-19(2)10-14-21/h3-14,22,25H,15-17H2,1-2H3/t22-,25-/m1/s1. The van der Waals surface area contributed by atoms with Crippen LogP contribution in [-0.2, 0) is 20.0 Å². The van der Waals surface area contributed by atoms with Gasteiger partial charge in [0.1, 0.15) is 0 Å². The van der Waals surface area contributed by atoms with Crippen molar-refractivity contribution in [1.82, 2.24) is 0 Å². The highest BCUT2D eigenvalue weighted by molar-refractivity contribution is 9.10. The highest BCUT2D eigenvalue weighted by Crippen LogP contribution is 2.41. The van der Waals surface area contributed by atoms with E-state index < -0.39 is 26.1 Å². The van der Waals surface area contributed by atoms with Gasteiger partial charge >= 0.3 is 0 Å². The Bertz CT molecular complexity index is 1410. The molecule has 3 aromatic carbocycles. The monoisotopic (exact) mass is 640 g/mol. The van der Waals surface area contributed by atoms with Crippen LogP contribution in [0, 0.1) is 13.8 Å². The number of aryl methyl sites for hydroxylation is 2. The molecule has 4 rings (SSSR count). The van der Waals surface area contributed by atoms with Gasteiger partial charge in [0.25, 0.3) is 20.0 Å². The summed E-state index contributed by atoms with van der Waals surface area (Å²) < 4.78 is 58.3. The Morgan fingerprint density at radius 2 is 1.26 bits per heavy atom. The minimum absolute atomic E-state index is 0.150. The predicted octanol–water partition coefficient (Wildman–Crippen LogP) is 5.62. The van der Waals surface area contributed by atoms with Crippen LogP contribution in [0.5, 0.6) is 0 Å². The van der Waals surface area contributed by atoms with E-state index in [1.807, 2.05) is 13.8 Å². The number of benzene rings is 3. The van der Waals surface area contributed by atoms with Crippen molar-refractivity contribution in [2.45, 2.75) is 40.9 Å². The zero-order valence-electron chi connectivity index (χ0n) is 19.3. The second kappa shape index (κ2) is 10.2. The fraction of sp³-hybridized carbons (Fsp3) is 0.280. The first-order chi connectivity index (χ1) is 16.6. The number of sulfonamides is 2. The molecule has 0 N–H and O–H groups in total. The van der Waals surface area contributed by atoms with Gasteiger partial charge in [0.15, 0.2) is 0 Å². The molecule has 0 spiro atoms. The van der Waals surface area contributed by atoms with Crippen molar-refractivity contribution in [2.24, 2.45) is 0 Å². The Labute approximate surface area is 224 Å². The van der Waals surface area contributed by atoms with Gasteiger partial charge in [-0.05, 0) is 56.7 Å². The highest BCUT2D eigenvalue weighted by atomic mass is 79.9. The van der Waals surface area contributed by atoms with E-state index >= 15 is 0 Å². The second-order valence-electron chi connectivity index (χ2n) is 8.52. The fourth-order valence-corrected chi connectivity index (χ4v) is 9.53. The van der Waals surface area contributed by atoms with E-state index in [1.54, 1.807) is 72.8 Å². The van der Waals surface area contributed by atoms with Crippen molar-refractivity contribution in [3.63, 3.8) is 0 Å². The first-order valence-electron chi connectivity index (χ1n) is 11.1. The molecule has 0 aliphatic carbocycles. The largest absolute Gasteiger partial charge is 0.264 e. The van der Waals surface area contributed by atoms with Crippen LogP contribution in [0.3, 0.4) is 0 Å². The van der Waals surface area contributed by atoms with Crippen LogP contribution < -0.4 is 8.61 Å². The maximum absolute atomic E-state index is 14.0. The summed E-state index contributed by atoms with van der Waals surface area (Å²) in [5.41, 5.74) is 2.54. The van der Waals surface area contributed by atoms with Crippen molar-refractivity contribution >= 4 is 63.3 Å². The lowest BCUT2D eigenvalue weighted by Gasteiger charge is -2.40. The second-order valence-corrected chi connectivity index (χ2v) is 14.0. The minimum Gasteiger partial charge on any atom is -0.264 e. The summed E-state index contributed by atoms with van der Waals surface area (Å²) in [6.45, 7) is 3.99. The summed E-state index contributed by atoms with van der Waals surface area (Å²) in [5, 5.41) is 0.368. The molecule has 6 nitrogen and oxygen atoms in total. The van der Waals surface area contributed by atoms with Gasteiger partial charge in [-0.2, -0.15) is 0 Å². The molecule has 186 valence electrons. The Morgan fingerprint density at radius 3 is 1.77 bits per heavy atom. The molecule has 0 radical (unpaired) electrons. The van der Waals surface area contributed by atoms with Crippen molar-refractivity contribution < 1.29 is 16.8 Å². The summed E-state index contributed by atoms with van der Waals surface area (Å²) in [4.78, 5) is 0.0119. The van der Waals surface area contributed by atoms with E-state index in [9.17, 15) is 16.8 Å². The summed E-state index contributed by atoms with van der Waals surface area (Å²) in [5.74, 6) is 0. The van der Waals surface area contributed by atoms with Gasteiger partial charge in [0, 0.05) is 16.7 Å². The molecule has 1 aliphatic rings. The number of alkyl halides is 2. The number of nitrogens with zero attached hydrogens (tertiary/aromatic N) is 2. The number of fused-ring (bicyclic) bond motifs is 1. The quantitative estimate of drug-likeness (QED) is 0.339. The van der Waals surface area contributed by atoms with Gasteiger partial charge in [0.05, 0.1) is 27.2 Å². The Kier molecular flexibility index (Phi) is 7.66. The SMILES string of the molecule is Cc1ccc(S(=O)(=O)N2CC[C@@H](Br)[C@@H](CBr)N(S(=O)(=O)c3ccc(C)cc3)c3ccccc32)cc1. The molecule has 10 heteroatoms. The van der Waals surface area contributed by atoms with E-state index in [4.69, 9.17) is 0 Å². The molecule has 0 unspecified atom stereocenters. The first-order valence-corrected chi connectivity index (χ1v) is 16.0. The number of halogens is 2. The normalized spacial score (nSPS) is 19.1. The summed E-state index contributed by atoms with van der Waals surface area (Å²) in [6, 6.07) is 19.7. The average molecular weight is 642 g/mol. The molecule has 1 heterocycles. The van der Waals surface area contributed by atoms with Crippen molar-refractivity contribution in [3.05, 3.63) is 83.9 Å². The molecule has 0 aromatic heterocycles. The lowest BCUT2D eigenvalue weighted by molar-refractivity contribution is 0.565. The third-order valence-corrected chi connectivity index (χ3v) is 11.5. The Hall–Kier alpha value is -1.88. The molecule has 1 aliphatic heterocycles. The summed E-state index contributed by atoms with van der Waals surface area (Å²) in [7, 11) is -7.95. The van der Waals surface area contributed by atoms with Crippen LogP contribution in [0.4, 0.5) is 11.4 Å². The van der Waals surface area contributed by atoms with E-state index in [-0.39, 0.29) is 21.2 Å². The smallest absolute Gasteiger partial charge is 0.264 e. The molecule has 35 heavy (non-hydrogen) atoms. The van der Waals surface area contributed by atoms with Crippen LogP contribution in [0.25, 0.3) is 0 Å². The number of anilines is 2. The van der Waals surface area contributed by atoms with Crippen LogP contribution in [0.2, 0.25) is 0 Å². The molecule has 2 atom stereocenters. The van der Waals surface area contributed by atoms with Gasteiger partial charge in [-0.25, -0.2) is 16.8 Å². The van der Waals surface area contributed by atoms with Gasteiger partial charge in [-0.1, -0.05) is 79.4 Å². The maximum atomic E-state index is 14.0. The number of rotatable bonds is 5. The third kappa shape index (κ3) is 5.03. The molecule has 0 fully saturated rings. The average Bonchev–Trinajstić information content (AvgIpc) is 2.82. The van der Waals surface area contributed by atoms with Crippen LogP contribution >= 0.6 is 31.9 Å². The zero-order chi connectivity index (χ0) is 25.4. The third-order valence-electron chi connectivity index (χ3n) is 6.06. The van der Waals surface area contributed by atoms with Gasteiger partial charge in [-0.15, -0.1) is 0 Å². The van der Waals surface area contributed by atoms with Crippen molar-refractivity contribution in [2.75, 3.05) is 20.5 Å². The Balaban J connectivity index is 1.94. The minimum atomic E-state index is -4.01. The topological polar surface area (TPSA) is 74.8 Å². The first kappa shape index (κ1) is 26.2. The van der Waals surface area contributed by atoms with Gasteiger partial charge < -0.3 is 0 Å². The van der Waals surface area contributed by atoms with Gasteiger partial charge in [0.2, 0.25) is 0 Å². The van der Waals surface area contributed by atoms with E-state index in [2.05, 4.69) is 31.9 Å². The molecule has 0 bridgehead atoms. The van der Waals surface area contributed by atoms with Crippen LogP contribution in [-0.4, -0.2) is 39.6 Å². The maximum Gasteiger partial charge on any atom is 0.264 e. The summed E-state index contributed by atoms with van der Waals surface area (Å²) >= 11 is 7.18. The van der Waals surface area contributed by atoms with E-state index in [1.165, 1.54) is 8.61 Å². The molecule has 0 saturated carbocycles. The lowest BCUT2D eigenvalue weighted by Crippen LogP contribution is -2.50. The predicted molar refractivity (Wildman–Crippen MR) is 148 cm³/mol. The van der Waals surface area contributed by atoms with Crippen LogP contribution in [0.1, 0.15) is 17.5 Å². The number of hydrogen-bond donors (Lipinski definition) is 0. The van der Waals surface area contributed by atoms with Crippen LogP contribution in [0.15, 0.2) is 82.6 Å². The number of hydrogen-bond acceptors (Lipinski definition) is 4. The number of para-hydroxylation sites is 2. The molecule has 3 aromatic rings. The van der Waals surface area contributed by atoms with E-state index in [0.29, 0.717) is 23.1 Å². The zero-order valence-corrected chi connectivity index (χ0v) is 24.1. The highest BCUT2D eigenvalue weighted by Gasteiger charge is 2.40. The lowest BCUT2D eigenvalue weighted by atomic mass is 10.1. The Morgan fingerprint density at radius 1 is 0.771 bits per heavy atom. The molecule has 0 saturated heterocycles. The molecule has 0 amide bonds. The van der Waals surface area contributed by atoms with Gasteiger partial charge in [-0.3, -0.25) is 8.61 Å². The van der Waals surface area contributed by atoms with Crippen molar-refractivity contribution in [3.8, 4) is 0 Å². The van der Waals surface area contributed by atoms with Crippen molar-refractivity contribution in [1.29, 1.82) is 0 Å². The fourth-order valence-electron chi connectivity index (χ4n) is 4.12. The van der Waals surface area contributed by atoms with E-state index in [0.717, 1.165) is 11.1 Å².